The van der Waals surface area contributed by atoms with Crippen LogP contribution in [0.3, 0.4) is 0 Å². The standard InChI is InChI=1S/C8H12N2O3/c1-13-5-7-2-6(3-9)4-10(7)8(11)12/h6-7H,2,4-5H2,1H3,(H,11,12). The second-order valence-corrected chi connectivity index (χ2v) is 3.11. The molecule has 0 aromatic carbocycles. The van der Waals surface area contributed by atoms with Gasteiger partial charge in [0.2, 0.25) is 0 Å². The Balaban J connectivity index is 2.60. The first-order valence-corrected chi connectivity index (χ1v) is 4.07. The van der Waals surface area contributed by atoms with E-state index < -0.39 is 6.09 Å². The van der Waals surface area contributed by atoms with Crippen LogP contribution in [0.2, 0.25) is 0 Å². The summed E-state index contributed by atoms with van der Waals surface area (Å²) in [6, 6.07) is 1.92. The third kappa shape index (κ3) is 2.10. The Kier molecular flexibility index (Phi) is 3.09. The predicted molar refractivity (Wildman–Crippen MR) is 44.1 cm³/mol. The van der Waals surface area contributed by atoms with Crippen molar-refractivity contribution in [2.75, 3.05) is 20.3 Å². The van der Waals surface area contributed by atoms with Crippen LogP contribution < -0.4 is 0 Å². The van der Waals surface area contributed by atoms with Gasteiger partial charge in [0.25, 0.3) is 0 Å². The van der Waals surface area contributed by atoms with Crippen LogP contribution in [0.4, 0.5) is 4.79 Å². The second kappa shape index (κ2) is 4.10. The van der Waals surface area contributed by atoms with Crippen LogP contribution in [0.1, 0.15) is 6.42 Å². The molecule has 0 saturated carbocycles. The van der Waals surface area contributed by atoms with Crippen LogP contribution >= 0.6 is 0 Å². The van der Waals surface area contributed by atoms with Gasteiger partial charge < -0.3 is 14.7 Å². The molecule has 1 aliphatic heterocycles. The van der Waals surface area contributed by atoms with Crippen LogP contribution in [0, 0.1) is 17.2 Å². The summed E-state index contributed by atoms with van der Waals surface area (Å²) in [7, 11) is 1.53. The predicted octanol–water partition coefficient (Wildman–Crippen LogP) is 0.525. The van der Waals surface area contributed by atoms with E-state index in [2.05, 4.69) is 6.07 Å². The van der Waals surface area contributed by atoms with Crippen molar-refractivity contribution < 1.29 is 14.6 Å². The van der Waals surface area contributed by atoms with Gasteiger partial charge in [-0.05, 0) is 6.42 Å². The molecule has 0 spiro atoms. The van der Waals surface area contributed by atoms with Gasteiger partial charge in [0.05, 0.1) is 24.6 Å². The van der Waals surface area contributed by atoms with Gasteiger partial charge in [-0.3, -0.25) is 0 Å². The molecule has 0 radical (unpaired) electrons. The molecule has 1 amide bonds. The van der Waals surface area contributed by atoms with Crippen molar-refractivity contribution >= 4 is 6.09 Å². The number of rotatable bonds is 2. The number of methoxy groups -OCH3 is 1. The highest BCUT2D eigenvalue weighted by Gasteiger charge is 2.34. The molecule has 0 aromatic heterocycles. The number of likely N-dealkylation sites (tertiary alicyclic amines) is 1. The molecular weight excluding hydrogens is 172 g/mol. The normalized spacial score (nSPS) is 27.2. The van der Waals surface area contributed by atoms with E-state index in [0.29, 0.717) is 19.6 Å². The number of carbonyl (C=O) groups is 1. The maximum atomic E-state index is 10.7. The summed E-state index contributed by atoms with van der Waals surface area (Å²) in [6.45, 7) is 0.671. The van der Waals surface area contributed by atoms with E-state index in [0.717, 1.165) is 0 Å². The zero-order chi connectivity index (χ0) is 9.84. The number of carboxylic acid groups (broad SMARTS) is 1. The SMILES string of the molecule is COCC1CC(C#N)CN1C(=O)O. The van der Waals surface area contributed by atoms with E-state index >= 15 is 0 Å². The Morgan fingerprint density at radius 1 is 1.85 bits per heavy atom. The number of hydrogen-bond acceptors (Lipinski definition) is 3. The Bertz CT molecular complexity index is 236. The second-order valence-electron chi connectivity index (χ2n) is 3.11. The summed E-state index contributed by atoms with van der Waals surface area (Å²) in [4.78, 5) is 12.0. The monoisotopic (exact) mass is 184 g/mol. The van der Waals surface area contributed by atoms with Gasteiger partial charge in [0, 0.05) is 13.7 Å². The molecule has 2 unspecified atom stereocenters. The molecule has 1 rings (SSSR count). The van der Waals surface area contributed by atoms with Crippen LogP contribution in [-0.2, 0) is 4.74 Å². The molecule has 2 atom stereocenters. The maximum Gasteiger partial charge on any atom is 0.407 e. The topological polar surface area (TPSA) is 73.6 Å². The van der Waals surface area contributed by atoms with Crippen molar-refractivity contribution in [3.8, 4) is 6.07 Å². The lowest BCUT2D eigenvalue weighted by atomic mass is 10.1. The summed E-state index contributed by atoms with van der Waals surface area (Å²) in [5.74, 6) is -0.184. The first-order valence-electron chi connectivity index (χ1n) is 4.07. The van der Waals surface area contributed by atoms with E-state index in [-0.39, 0.29) is 12.0 Å². The van der Waals surface area contributed by atoms with Gasteiger partial charge in [-0.15, -0.1) is 0 Å². The minimum Gasteiger partial charge on any atom is -0.465 e. The van der Waals surface area contributed by atoms with Crippen LogP contribution in [0.15, 0.2) is 0 Å². The lowest BCUT2D eigenvalue weighted by molar-refractivity contribution is 0.0990. The lowest BCUT2D eigenvalue weighted by Crippen LogP contribution is -2.37. The summed E-state index contributed by atoms with van der Waals surface area (Å²) in [5.41, 5.74) is 0. The van der Waals surface area contributed by atoms with Crippen LogP contribution in [0.5, 0.6) is 0 Å². The minimum absolute atomic E-state index is 0.160. The van der Waals surface area contributed by atoms with Crippen LogP contribution in [0.25, 0.3) is 0 Å². The van der Waals surface area contributed by atoms with Crippen molar-refractivity contribution in [2.45, 2.75) is 12.5 Å². The largest absolute Gasteiger partial charge is 0.465 e. The molecule has 0 bridgehead atoms. The molecule has 1 aliphatic rings. The lowest BCUT2D eigenvalue weighted by Gasteiger charge is -2.19. The molecule has 1 saturated heterocycles. The minimum atomic E-state index is -0.972. The number of nitriles is 1. The van der Waals surface area contributed by atoms with Crippen molar-refractivity contribution in [1.29, 1.82) is 5.26 Å². The van der Waals surface area contributed by atoms with Gasteiger partial charge in [0.1, 0.15) is 0 Å². The first kappa shape index (κ1) is 9.81. The van der Waals surface area contributed by atoms with Crippen molar-refractivity contribution in [1.82, 2.24) is 4.90 Å². The van der Waals surface area contributed by atoms with Gasteiger partial charge in [-0.1, -0.05) is 0 Å². The van der Waals surface area contributed by atoms with E-state index in [1.165, 1.54) is 12.0 Å². The van der Waals surface area contributed by atoms with Gasteiger partial charge in [-0.25, -0.2) is 4.79 Å². The average Bonchev–Trinajstić information content (AvgIpc) is 2.48. The molecule has 1 heterocycles. The fourth-order valence-electron chi connectivity index (χ4n) is 1.59. The smallest absolute Gasteiger partial charge is 0.407 e. The molecular formula is C8H12N2O3. The number of hydrogen-bond donors (Lipinski definition) is 1. The number of amides is 1. The highest BCUT2D eigenvalue weighted by Crippen LogP contribution is 2.22. The van der Waals surface area contributed by atoms with E-state index in [9.17, 15) is 4.79 Å². The average molecular weight is 184 g/mol. The highest BCUT2D eigenvalue weighted by atomic mass is 16.5. The molecule has 1 fully saturated rings. The molecule has 5 nitrogen and oxygen atoms in total. The van der Waals surface area contributed by atoms with Crippen molar-refractivity contribution in [3.05, 3.63) is 0 Å². The summed E-state index contributed by atoms with van der Waals surface area (Å²) in [6.07, 6.45) is -0.392. The third-order valence-electron chi connectivity index (χ3n) is 2.20. The Labute approximate surface area is 76.5 Å². The van der Waals surface area contributed by atoms with Crippen LogP contribution in [-0.4, -0.2) is 42.4 Å². The fraction of sp³-hybridized carbons (Fsp3) is 0.750. The van der Waals surface area contributed by atoms with Gasteiger partial charge in [-0.2, -0.15) is 5.26 Å². The van der Waals surface area contributed by atoms with E-state index in [1.807, 2.05) is 0 Å². The maximum absolute atomic E-state index is 10.7. The number of nitrogens with zero attached hydrogens (tertiary/aromatic N) is 2. The highest BCUT2D eigenvalue weighted by molar-refractivity contribution is 5.66. The van der Waals surface area contributed by atoms with Crippen molar-refractivity contribution in [2.24, 2.45) is 5.92 Å². The third-order valence-corrected chi connectivity index (χ3v) is 2.20. The van der Waals surface area contributed by atoms with Gasteiger partial charge >= 0.3 is 6.09 Å². The quantitative estimate of drug-likeness (QED) is 0.679. The first-order chi connectivity index (χ1) is 6.19. The summed E-state index contributed by atoms with van der Waals surface area (Å²) < 4.78 is 4.88. The zero-order valence-corrected chi connectivity index (χ0v) is 7.43. The molecule has 5 heteroatoms. The molecule has 0 aliphatic carbocycles. The molecule has 0 aromatic rings. The summed E-state index contributed by atoms with van der Waals surface area (Å²) in [5, 5.41) is 17.4. The molecule has 13 heavy (non-hydrogen) atoms. The summed E-state index contributed by atoms with van der Waals surface area (Å²) >= 11 is 0. The van der Waals surface area contributed by atoms with Gasteiger partial charge in [0.15, 0.2) is 0 Å². The Morgan fingerprint density at radius 3 is 3.00 bits per heavy atom. The molecule has 1 N–H and O–H groups in total. The van der Waals surface area contributed by atoms with E-state index in [4.69, 9.17) is 15.1 Å². The molecule has 72 valence electrons. The Hall–Kier alpha value is -1.28. The zero-order valence-electron chi connectivity index (χ0n) is 7.43. The van der Waals surface area contributed by atoms with Crippen molar-refractivity contribution in [3.63, 3.8) is 0 Å². The fourth-order valence-corrected chi connectivity index (χ4v) is 1.59. The van der Waals surface area contributed by atoms with E-state index in [1.54, 1.807) is 0 Å². The Morgan fingerprint density at radius 2 is 2.54 bits per heavy atom. The number of ether oxygens (including phenoxy) is 1.